The van der Waals surface area contributed by atoms with Gasteiger partial charge in [-0.25, -0.2) is 0 Å². The number of anilines is 1. The number of rotatable bonds is 2. The number of carbonyl (C=O) groups excluding carboxylic acids is 1. The molecule has 25 heavy (non-hydrogen) atoms. The summed E-state index contributed by atoms with van der Waals surface area (Å²) in [6.07, 6.45) is 2.55. The molecule has 2 heterocycles. The molecule has 0 spiro atoms. The van der Waals surface area contributed by atoms with Crippen LogP contribution in [-0.2, 0) is 6.42 Å². The van der Waals surface area contributed by atoms with E-state index in [-0.39, 0.29) is 17.0 Å². The molecular weight excluding hydrogens is 336 g/mol. The van der Waals surface area contributed by atoms with Crippen molar-refractivity contribution >= 4 is 34.1 Å². The lowest BCUT2D eigenvalue weighted by Gasteiger charge is -2.13. The van der Waals surface area contributed by atoms with Crippen LogP contribution in [-0.4, -0.2) is 10.5 Å². The van der Waals surface area contributed by atoms with Gasteiger partial charge in [-0.1, -0.05) is 29.8 Å². The highest BCUT2D eigenvalue weighted by Crippen LogP contribution is 2.31. The average Bonchev–Trinajstić information content (AvgIpc) is 2.90. The molecule has 0 saturated carbocycles. The highest BCUT2D eigenvalue weighted by molar-refractivity contribution is 6.31. The van der Waals surface area contributed by atoms with Crippen LogP contribution in [0, 0.1) is 6.92 Å². The number of nitrogens with zero attached hydrogens (tertiary/aromatic N) is 1. The van der Waals surface area contributed by atoms with E-state index < -0.39 is 5.91 Å². The molecule has 1 aliphatic heterocycles. The molecule has 126 valence electrons. The molecule has 1 aromatic heterocycles. The zero-order valence-electron chi connectivity index (χ0n) is 14.0. The Morgan fingerprint density at radius 2 is 2.08 bits per heavy atom. The van der Waals surface area contributed by atoms with Crippen LogP contribution < -0.4 is 10.7 Å². The van der Waals surface area contributed by atoms with Gasteiger partial charge in [0.15, 0.2) is 0 Å². The number of amides is 1. The van der Waals surface area contributed by atoms with Gasteiger partial charge in [0.2, 0.25) is 5.43 Å². The summed E-state index contributed by atoms with van der Waals surface area (Å²) in [4.78, 5) is 25.6. The van der Waals surface area contributed by atoms with Gasteiger partial charge in [0.25, 0.3) is 5.91 Å². The van der Waals surface area contributed by atoms with Crippen LogP contribution >= 0.6 is 11.6 Å². The standard InChI is InChI=1S/C20H17ClN2O2/c1-11-6-7-14(21)9-17(11)22-20(25)16-10-23-12(2)8-13-4-3-5-15(18(13)23)19(16)24/h3-7,9-10,12H,8H2,1-2H3,(H,22,25)/t12-/m1/s1. The number of hydrogen-bond donors (Lipinski definition) is 1. The summed E-state index contributed by atoms with van der Waals surface area (Å²) in [5.74, 6) is -0.412. The molecule has 1 N–H and O–H groups in total. The third-order valence-corrected chi connectivity index (χ3v) is 5.05. The maximum Gasteiger partial charge on any atom is 0.261 e. The predicted molar refractivity (Wildman–Crippen MR) is 101 cm³/mol. The monoisotopic (exact) mass is 352 g/mol. The van der Waals surface area contributed by atoms with Crippen molar-refractivity contribution in [3.63, 3.8) is 0 Å². The largest absolute Gasteiger partial charge is 0.343 e. The number of hydrogen-bond acceptors (Lipinski definition) is 2. The first kappa shape index (κ1) is 15.9. The fourth-order valence-corrected chi connectivity index (χ4v) is 3.67. The maximum atomic E-state index is 12.9. The van der Waals surface area contributed by atoms with Crippen molar-refractivity contribution in [3.05, 3.63) is 74.5 Å². The number of aryl methyl sites for hydroxylation is 1. The Balaban J connectivity index is 1.83. The maximum absolute atomic E-state index is 12.9. The number of benzene rings is 2. The number of pyridine rings is 1. The minimum absolute atomic E-state index is 0.151. The predicted octanol–water partition coefficient (Wildman–Crippen LogP) is 4.33. The first-order valence-corrected chi connectivity index (χ1v) is 8.58. The van der Waals surface area contributed by atoms with E-state index in [4.69, 9.17) is 11.6 Å². The van der Waals surface area contributed by atoms with Crippen molar-refractivity contribution in [2.45, 2.75) is 26.3 Å². The Kier molecular flexibility index (Phi) is 3.65. The average molecular weight is 353 g/mol. The SMILES string of the molecule is Cc1ccc(Cl)cc1NC(=O)c1cn2c3c(cccc3c1=O)C[C@H]2C. The smallest absolute Gasteiger partial charge is 0.261 e. The first-order valence-electron chi connectivity index (χ1n) is 8.20. The summed E-state index contributed by atoms with van der Waals surface area (Å²) in [7, 11) is 0. The number of carbonyl (C=O) groups is 1. The van der Waals surface area contributed by atoms with Gasteiger partial charge >= 0.3 is 0 Å². The molecule has 4 nitrogen and oxygen atoms in total. The third-order valence-electron chi connectivity index (χ3n) is 4.82. The van der Waals surface area contributed by atoms with Gasteiger partial charge in [-0.3, -0.25) is 9.59 Å². The molecule has 0 radical (unpaired) electrons. The summed E-state index contributed by atoms with van der Waals surface area (Å²) in [5, 5.41) is 3.95. The van der Waals surface area contributed by atoms with Gasteiger partial charge in [-0.2, -0.15) is 0 Å². The Morgan fingerprint density at radius 3 is 2.88 bits per heavy atom. The van der Waals surface area contributed by atoms with Gasteiger partial charge in [0.05, 0.1) is 5.52 Å². The van der Waals surface area contributed by atoms with Crippen molar-refractivity contribution in [2.75, 3.05) is 5.32 Å². The lowest BCUT2D eigenvalue weighted by molar-refractivity contribution is 0.102. The normalized spacial score (nSPS) is 15.6. The lowest BCUT2D eigenvalue weighted by atomic mass is 10.1. The van der Waals surface area contributed by atoms with Gasteiger partial charge in [-0.05, 0) is 49.6 Å². The van der Waals surface area contributed by atoms with Crippen LogP contribution in [0.1, 0.15) is 34.5 Å². The molecule has 1 aliphatic rings. The minimum Gasteiger partial charge on any atom is -0.343 e. The molecule has 2 aromatic carbocycles. The van der Waals surface area contributed by atoms with Gasteiger partial charge < -0.3 is 9.88 Å². The molecule has 0 unspecified atom stereocenters. The lowest BCUT2D eigenvalue weighted by Crippen LogP contribution is -2.24. The Hall–Kier alpha value is -2.59. The summed E-state index contributed by atoms with van der Waals surface area (Å²) in [5.41, 5.74) is 3.51. The van der Waals surface area contributed by atoms with Crippen LogP contribution in [0.15, 0.2) is 47.4 Å². The second-order valence-electron chi connectivity index (χ2n) is 6.56. The van der Waals surface area contributed by atoms with E-state index in [1.54, 1.807) is 24.4 Å². The Morgan fingerprint density at radius 1 is 1.28 bits per heavy atom. The minimum atomic E-state index is -0.412. The Labute approximate surface area is 150 Å². The number of halogens is 1. The summed E-state index contributed by atoms with van der Waals surface area (Å²) in [6.45, 7) is 3.97. The quantitative estimate of drug-likeness (QED) is 0.746. The number of aromatic nitrogens is 1. The van der Waals surface area contributed by atoms with Gasteiger partial charge in [0.1, 0.15) is 5.56 Å². The topological polar surface area (TPSA) is 51.1 Å². The van der Waals surface area contributed by atoms with Crippen molar-refractivity contribution in [1.82, 2.24) is 4.57 Å². The van der Waals surface area contributed by atoms with Crippen LogP contribution in [0.25, 0.3) is 10.9 Å². The van der Waals surface area contributed by atoms with Crippen molar-refractivity contribution in [3.8, 4) is 0 Å². The van der Waals surface area contributed by atoms with E-state index in [0.717, 1.165) is 23.1 Å². The summed E-state index contributed by atoms with van der Waals surface area (Å²) >= 11 is 6.01. The molecule has 0 saturated heterocycles. The highest BCUT2D eigenvalue weighted by atomic mass is 35.5. The fourth-order valence-electron chi connectivity index (χ4n) is 3.50. The zero-order chi connectivity index (χ0) is 17.7. The van der Waals surface area contributed by atoms with Crippen LogP contribution in [0.2, 0.25) is 5.02 Å². The number of nitrogens with one attached hydrogen (secondary N) is 1. The van der Waals surface area contributed by atoms with Gasteiger partial charge in [0, 0.05) is 28.3 Å². The fraction of sp³-hybridized carbons (Fsp3) is 0.200. The molecule has 1 amide bonds. The molecule has 5 heteroatoms. The highest BCUT2D eigenvalue weighted by Gasteiger charge is 2.24. The van der Waals surface area contributed by atoms with Crippen molar-refractivity contribution in [1.29, 1.82) is 0 Å². The van der Waals surface area contributed by atoms with E-state index >= 15 is 0 Å². The van der Waals surface area contributed by atoms with Gasteiger partial charge in [-0.15, -0.1) is 0 Å². The zero-order valence-corrected chi connectivity index (χ0v) is 14.7. The molecule has 4 rings (SSSR count). The van der Waals surface area contributed by atoms with Crippen LogP contribution in [0.4, 0.5) is 5.69 Å². The third kappa shape index (κ3) is 2.53. The van der Waals surface area contributed by atoms with Crippen LogP contribution in [0.5, 0.6) is 0 Å². The molecule has 1 atom stereocenters. The molecule has 0 bridgehead atoms. The second kappa shape index (κ2) is 5.74. The molecule has 0 aliphatic carbocycles. The van der Waals surface area contributed by atoms with Crippen molar-refractivity contribution in [2.24, 2.45) is 0 Å². The summed E-state index contributed by atoms with van der Waals surface area (Å²) < 4.78 is 2.03. The summed E-state index contributed by atoms with van der Waals surface area (Å²) in [6, 6.07) is 11.2. The van der Waals surface area contributed by atoms with Crippen LogP contribution in [0.3, 0.4) is 0 Å². The molecular formula is C20H17ClN2O2. The first-order chi connectivity index (χ1) is 12.0. The van der Waals surface area contributed by atoms with E-state index in [1.165, 1.54) is 0 Å². The van der Waals surface area contributed by atoms with E-state index in [9.17, 15) is 9.59 Å². The Bertz CT molecular complexity index is 1080. The number of para-hydroxylation sites is 1. The van der Waals surface area contributed by atoms with Crippen molar-refractivity contribution < 1.29 is 4.79 Å². The second-order valence-corrected chi connectivity index (χ2v) is 7.00. The van der Waals surface area contributed by atoms with E-state index in [0.29, 0.717) is 16.1 Å². The van der Waals surface area contributed by atoms with E-state index in [2.05, 4.69) is 12.2 Å². The molecule has 3 aromatic rings. The molecule has 0 fully saturated rings. The van der Waals surface area contributed by atoms with E-state index in [1.807, 2.05) is 29.7 Å².